The Labute approximate surface area is 161 Å². The molecule has 0 spiro atoms. The van der Waals surface area contributed by atoms with Crippen LogP contribution in [0.25, 0.3) is 5.00 Å². The SMILES string of the molecule is O=C(c1c(-n2cnnn2)sc2c1CCC2)N1CCN(c2ccccc2)CC1. The number of nitrogens with zero attached hydrogens (tertiary/aromatic N) is 6. The average Bonchev–Trinajstić information content (AvgIpc) is 3.45. The van der Waals surface area contributed by atoms with Gasteiger partial charge in [0.25, 0.3) is 5.91 Å². The quantitative estimate of drug-likeness (QED) is 0.697. The fraction of sp³-hybridized carbons (Fsp3) is 0.368. The number of para-hydroxylation sites is 1. The molecule has 3 heterocycles. The van der Waals surface area contributed by atoms with Crippen LogP contribution < -0.4 is 4.90 Å². The summed E-state index contributed by atoms with van der Waals surface area (Å²) in [4.78, 5) is 19.0. The van der Waals surface area contributed by atoms with Crippen LogP contribution in [0.4, 0.5) is 5.69 Å². The van der Waals surface area contributed by atoms with E-state index in [1.165, 1.54) is 16.1 Å². The van der Waals surface area contributed by atoms with E-state index in [1.54, 1.807) is 22.3 Å². The van der Waals surface area contributed by atoms with Crippen LogP contribution in [0.2, 0.25) is 0 Å². The van der Waals surface area contributed by atoms with Gasteiger partial charge in [-0.1, -0.05) is 18.2 Å². The van der Waals surface area contributed by atoms with E-state index in [1.807, 2.05) is 11.0 Å². The summed E-state index contributed by atoms with van der Waals surface area (Å²) in [5.74, 6) is 0.118. The molecule has 138 valence electrons. The molecule has 0 bridgehead atoms. The highest BCUT2D eigenvalue weighted by molar-refractivity contribution is 7.15. The van der Waals surface area contributed by atoms with Gasteiger partial charge in [0.05, 0.1) is 5.56 Å². The summed E-state index contributed by atoms with van der Waals surface area (Å²) in [7, 11) is 0. The largest absolute Gasteiger partial charge is 0.368 e. The Bertz CT molecular complexity index is 944. The first kappa shape index (κ1) is 16.4. The molecule has 1 fully saturated rings. The van der Waals surface area contributed by atoms with E-state index in [0.717, 1.165) is 56.0 Å². The van der Waals surface area contributed by atoms with Crippen LogP contribution in [-0.4, -0.2) is 57.2 Å². The first-order valence-corrected chi connectivity index (χ1v) is 10.1. The minimum Gasteiger partial charge on any atom is -0.368 e. The van der Waals surface area contributed by atoms with E-state index < -0.39 is 0 Å². The van der Waals surface area contributed by atoms with E-state index in [0.29, 0.717) is 0 Å². The van der Waals surface area contributed by atoms with Crippen LogP contribution >= 0.6 is 11.3 Å². The van der Waals surface area contributed by atoms with Crippen LogP contribution in [0.5, 0.6) is 0 Å². The maximum absolute atomic E-state index is 13.4. The van der Waals surface area contributed by atoms with Crippen LogP contribution in [-0.2, 0) is 12.8 Å². The Balaban J connectivity index is 1.39. The van der Waals surface area contributed by atoms with Crippen molar-refractivity contribution in [3.63, 3.8) is 0 Å². The van der Waals surface area contributed by atoms with Crippen molar-refractivity contribution in [2.75, 3.05) is 31.1 Å². The number of tetrazole rings is 1. The van der Waals surface area contributed by atoms with E-state index in [4.69, 9.17) is 0 Å². The second-order valence-electron chi connectivity index (χ2n) is 6.91. The van der Waals surface area contributed by atoms with Crippen molar-refractivity contribution in [1.29, 1.82) is 0 Å². The zero-order valence-electron chi connectivity index (χ0n) is 14.9. The minimum absolute atomic E-state index is 0.118. The van der Waals surface area contributed by atoms with Gasteiger partial charge in [0.15, 0.2) is 0 Å². The minimum atomic E-state index is 0.118. The molecular formula is C19H20N6OS. The Morgan fingerprint density at radius 3 is 2.59 bits per heavy atom. The molecule has 0 radical (unpaired) electrons. The topological polar surface area (TPSA) is 67.2 Å². The normalized spacial score (nSPS) is 16.6. The zero-order valence-corrected chi connectivity index (χ0v) is 15.7. The number of amides is 1. The third kappa shape index (κ3) is 2.90. The van der Waals surface area contributed by atoms with Gasteiger partial charge in [-0.05, 0) is 47.4 Å². The lowest BCUT2D eigenvalue weighted by atomic mass is 10.1. The molecule has 1 aliphatic carbocycles. The van der Waals surface area contributed by atoms with Crippen molar-refractivity contribution in [3.8, 4) is 5.00 Å². The monoisotopic (exact) mass is 380 g/mol. The fourth-order valence-corrected chi connectivity index (χ4v) is 5.29. The summed E-state index contributed by atoms with van der Waals surface area (Å²) >= 11 is 1.66. The molecule has 7 nitrogen and oxygen atoms in total. The highest BCUT2D eigenvalue weighted by Gasteiger charge is 2.32. The number of aryl methyl sites for hydroxylation is 1. The van der Waals surface area contributed by atoms with E-state index >= 15 is 0 Å². The molecule has 27 heavy (non-hydrogen) atoms. The van der Waals surface area contributed by atoms with Crippen LogP contribution in [0.1, 0.15) is 27.2 Å². The summed E-state index contributed by atoms with van der Waals surface area (Å²) in [6.45, 7) is 3.16. The maximum Gasteiger partial charge on any atom is 0.257 e. The van der Waals surface area contributed by atoms with Gasteiger partial charge in [0.2, 0.25) is 0 Å². The van der Waals surface area contributed by atoms with Crippen molar-refractivity contribution in [1.82, 2.24) is 25.1 Å². The van der Waals surface area contributed by atoms with Gasteiger partial charge >= 0.3 is 0 Å². The second-order valence-corrected chi connectivity index (χ2v) is 7.99. The number of rotatable bonds is 3. The van der Waals surface area contributed by atoms with E-state index in [-0.39, 0.29) is 5.91 Å². The van der Waals surface area contributed by atoms with Gasteiger partial charge in [-0.3, -0.25) is 4.79 Å². The molecule has 5 rings (SSSR count). The highest BCUT2D eigenvalue weighted by atomic mass is 32.1. The molecule has 8 heteroatoms. The van der Waals surface area contributed by atoms with E-state index in [2.05, 4.69) is 44.7 Å². The molecule has 1 saturated heterocycles. The summed E-state index contributed by atoms with van der Waals surface area (Å²) in [6, 6.07) is 10.4. The molecule has 1 amide bonds. The van der Waals surface area contributed by atoms with Gasteiger partial charge in [-0.15, -0.1) is 16.4 Å². The summed E-state index contributed by atoms with van der Waals surface area (Å²) in [5, 5.41) is 12.4. The lowest BCUT2D eigenvalue weighted by Crippen LogP contribution is -2.49. The first-order valence-electron chi connectivity index (χ1n) is 9.28. The predicted octanol–water partition coefficient (Wildman–Crippen LogP) is 2.17. The van der Waals surface area contributed by atoms with Crippen molar-refractivity contribution in [2.24, 2.45) is 0 Å². The number of aromatic nitrogens is 4. The number of carbonyl (C=O) groups is 1. The van der Waals surface area contributed by atoms with Gasteiger partial charge < -0.3 is 9.80 Å². The molecule has 3 aromatic rings. The van der Waals surface area contributed by atoms with Gasteiger partial charge in [0.1, 0.15) is 11.3 Å². The number of thiophene rings is 1. The second kappa shape index (κ2) is 6.77. The molecular weight excluding hydrogens is 360 g/mol. The number of benzene rings is 1. The number of carbonyl (C=O) groups excluding carboxylic acids is 1. The number of hydrogen-bond donors (Lipinski definition) is 0. The smallest absolute Gasteiger partial charge is 0.257 e. The number of hydrogen-bond acceptors (Lipinski definition) is 6. The van der Waals surface area contributed by atoms with E-state index in [9.17, 15) is 4.79 Å². The fourth-order valence-electron chi connectivity index (χ4n) is 3.99. The number of piperazine rings is 1. The molecule has 0 atom stereocenters. The van der Waals surface area contributed by atoms with Gasteiger partial charge in [-0.2, -0.15) is 4.68 Å². The van der Waals surface area contributed by atoms with Crippen LogP contribution in [0.3, 0.4) is 0 Å². The predicted molar refractivity (Wildman–Crippen MR) is 104 cm³/mol. The standard InChI is InChI=1S/C19H20N6OS/c26-18(24-11-9-23(10-12-24)14-5-2-1-3-6-14)17-15-7-4-8-16(15)27-19(17)25-13-20-21-22-25/h1-3,5-6,13H,4,7-12H2. The highest BCUT2D eigenvalue weighted by Crippen LogP contribution is 2.38. The van der Waals surface area contributed by atoms with Gasteiger partial charge in [0, 0.05) is 36.7 Å². The first-order chi connectivity index (χ1) is 13.3. The Hall–Kier alpha value is -2.74. The third-order valence-electron chi connectivity index (χ3n) is 5.36. The maximum atomic E-state index is 13.4. The van der Waals surface area contributed by atoms with Crippen molar-refractivity contribution >= 4 is 22.9 Å². The Morgan fingerprint density at radius 1 is 1.04 bits per heavy atom. The van der Waals surface area contributed by atoms with Crippen LogP contribution in [0, 0.1) is 0 Å². The lowest BCUT2D eigenvalue weighted by molar-refractivity contribution is 0.0746. The lowest BCUT2D eigenvalue weighted by Gasteiger charge is -2.36. The Morgan fingerprint density at radius 2 is 1.85 bits per heavy atom. The molecule has 0 saturated carbocycles. The number of anilines is 1. The summed E-state index contributed by atoms with van der Waals surface area (Å²) in [5.41, 5.74) is 3.24. The summed E-state index contributed by atoms with van der Waals surface area (Å²) < 4.78 is 1.64. The molecule has 1 aromatic carbocycles. The van der Waals surface area contributed by atoms with Crippen LogP contribution in [0.15, 0.2) is 36.7 Å². The number of fused-ring (bicyclic) bond motifs is 1. The molecule has 2 aromatic heterocycles. The third-order valence-corrected chi connectivity index (χ3v) is 6.64. The molecule has 2 aliphatic rings. The van der Waals surface area contributed by atoms with Crippen molar-refractivity contribution in [2.45, 2.75) is 19.3 Å². The summed E-state index contributed by atoms with van der Waals surface area (Å²) in [6.07, 6.45) is 4.72. The van der Waals surface area contributed by atoms with Crippen molar-refractivity contribution < 1.29 is 4.79 Å². The molecule has 1 aliphatic heterocycles. The Kier molecular flexibility index (Phi) is 4.12. The van der Waals surface area contributed by atoms with Gasteiger partial charge in [-0.25, -0.2) is 0 Å². The molecule has 0 N–H and O–H groups in total. The van der Waals surface area contributed by atoms with Crippen molar-refractivity contribution in [3.05, 3.63) is 52.7 Å². The molecule has 0 unspecified atom stereocenters. The average molecular weight is 380 g/mol. The zero-order chi connectivity index (χ0) is 18.2.